The molecule has 16 heavy (non-hydrogen) atoms. The third-order valence-corrected chi connectivity index (χ3v) is 2.00. The highest BCUT2D eigenvalue weighted by molar-refractivity contribution is 5.32. The molecule has 0 unspecified atom stereocenters. The SMILES string of the molecule is CC.Cc1ccc(Oc2ccccc2)cc1. The summed E-state index contributed by atoms with van der Waals surface area (Å²) in [6.07, 6.45) is 0. The lowest BCUT2D eigenvalue weighted by atomic mass is 10.2. The van der Waals surface area contributed by atoms with Gasteiger partial charge in [-0.1, -0.05) is 49.7 Å². The number of aryl methyl sites for hydroxylation is 1. The maximum Gasteiger partial charge on any atom is 0.127 e. The molecule has 1 heteroatoms. The molecular formula is C15H18O. The molecule has 0 aliphatic carbocycles. The molecule has 0 N–H and O–H groups in total. The zero-order chi connectivity index (χ0) is 11.8. The van der Waals surface area contributed by atoms with E-state index < -0.39 is 0 Å². The molecule has 0 aliphatic heterocycles. The maximum atomic E-state index is 5.63. The molecule has 2 aromatic rings. The first-order valence-electron chi connectivity index (χ1n) is 5.64. The largest absolute Gasteiger partial charge is 0.457 e. The molecule has 2 rings (SSSR count). The van der Waals surface area contributed by atoms with Gasteiger partial charge in [0.05, 0.1) is 0 Å². The van der Waals surface area contributed by atoms with Crippen molar-refractivity contribution in [2.45, 2.75) is 20.8 Å². The Bertz CT molecular complexity index is 390. The smallest absolute Gasteiger partial charge is 0.127 e. The summed E-state index contributed by atoms with van der Waals surface area (Å²) in [5, 5.41) is 0. The normalized spacial score (nSPS) is 8.94. The molecule has 0 heterocycles. The van der Waals surface area contributed by atoms with Crippen molar-refractivity contribution in [3.05, 3.63) is 60.2 Å². The Morgan fingerprint density at radius 1 is 0.688 bits per heavy atom. The molecule has 84 valence electrons. The summed E-state index contributed by atoms with van der Waals surface area (Å²) in [5.74, 6) is 1.75. The average Bonchev–Trinajstić information content (AvgIpc) is 2.36. The summed E-state index contributed by atoms with van der Waals surface area (Å²) < 4.78 is 5.63. The molecule has 0 aromatic heterocycles. The van der Waals surface area contributed by atoms with Crippen LogP contribution in [0.25, 0.3) is 0 Å². The molecule has 0 bridgehead atoms. The van der Waals surface area contributed by atoms with Gasteiger partial charge in [0.25, 0.3) is 0 Å². The summed E-state index contributed by atoms with van der Waals surface area (Å²) >= 11 is 0. The molecule has 0 saturated heterocycles. The van der Waals surface area contributed by atoms with E-state index in [4.69, 9.17) is 4.74 Å². The van der Waals surface area contributed by atoms with Gasteiger partial charge in [-0.05, 0) is 31.2 Å². The second kappa shape index (κ2) is 6.67. The van der Waals surface area contributed by atoms with Crippen LogP contribution in [0.15, 0.2) is 54.6 Å². The topological polar surface area (TPSA) is 9.23 Å². The number of ether oxygens (including phenoxy) is 1. The molecule has 0 aliphatic rings. The van der Waals surface area contributed by atoms with E-state index in [1.165, 1.54) is 5.56 Å². The van der Waals surface area contributed by atoms with E-state index >= 15 is 0 Å². The van der Waals surface area contributed by atoms with E-state index in [0.29, 0.717) is 0 Å². The number of para-hydroxylation sites is 1. The van der Waals surface area contributed by atoms with E-state index in [0.717, 1.165) is 11.5 Å². The summed E-state index contributed by atoms with van der Waals surface area (Å²) in [4.78, 5) is 0. The average molecular weight is 214 g/mol. The Morgan fingerprint density at radius 3 is 1.75 bits per heavy atom. The fourth-order valence-corrected chi connectivity index (χ4v) is 1.23. The van der Waals surface area contributed by atoms with Gasteiger partial charge in [0.2, 0.25) is 0 Å². The van der Waals surface area contributed by atoms with Gasteiger partial charge in [-0.3, -0.25) is 0 Å². The molecule has 0 amide bonds. The number of hydrogen-bond donors (Lipinski definition) is 0. The van der Waals surface area contributed by atoms with Crippen molar-refractivity contribution >= 4 is 0 Å². The fraction of sp³-hybridized carbons (Fsp3) is 0.200. The molecule has 1 nitrogen and oxygen atoms in total. The summed E-state index contributed by atoms with van der Waals surface area (Å²) in [5.41, 5.74) is 1.24. The van der Waals surface area contributed by atoms with Crippen LogP contribution in [0.2, 0.25) is 0 Å². The number of hydrogen-bond acceptors (Lipinski definition) is 1. The van der Waals surface area contributed by atoms with Crippen LogP contribution in [-0.4, -0.2) is 0 Å². The van der Waals surface area contributed by atoms with Crippen LogP contribution >= 0.6 is 0 Å². The summed E-state index contributed by atoms with van der Waals surface area (Å²) in [7, 11) is 0. The van der Waals surface area contributed by atoms with Crippen molar-refractivity contribution in [1.82, 2.24) is 0 Å². The van der Waals surface area contributed by atoms with Crippen LogP contribution in [0, 0.1) is 6.92 Å². The minimum atomic E-state index is 0.872. The quantitative estimate of drug-likeness (QED) is 0.696. The minimum Gasteiger partial charge on any atom is -0.457 e. The van der Waals surface area contributed by atoms with Gasteiger partial charge < -0.3 is 4.74 Å². The van der Waals surface area contributed by atoms with Gasteiger partial charge in [-0.25, -0.2) is 0 Å². The first kappa shape index (κ1) is 12.3. The van der Waals surface area contributed by atoms with Crippen molar-refractivity contribution in [2.75, 3.05) is 0 Å². The lowest BCUT2D eigenvalue weighted by Gasteiger charge is -2.04. The highest BCUT2D eigenvalue weighted by atomic mass is 16.5. The molecule has 0 radical (unpaired) electrons. The van der Waals surface area contributed by atoms with E-state index in [1.54, 1.807) is 0 Å². The van der Waals surface area contributed by atoms with Gasteiger partial charge in [0.15, 0.2) is 0 Å². The summed E-state index contributed by atoms with van der Waals surface area (Å²) in [6, 6.07) is 17.8. The Morgan fingerprint density at radius 2 is 1.19 bits per heavy atom. The molecule has 0 saturated carbocycles. The molecule has 0 fully saturated rings. The standard InChI is InChI=1S/C13H12O.C2H6/c1-11-7-9-13(10-8-11)14-12-5-3-2-4-6-12;1-2/h2-10H,1H3;1-2H3. The van der Waals surface area contributed by atoms with Crippen LogP contribution in [0.3, 0.4) is 0 Å². The third-order valence-electron chi connectivity index (χ3n) is 2.00. The monoisotopic (exact) mass is 214 g/mol. The lowest BCUT2D eigenvalue weighted by Crippen LogP contribution is -1.82. The van der Waals surface area contributed by atoms with Crippen LogP contribution in [0.1, 0.15) is 19.4 Å². The van der Waals surface area contributed by atoms with Gasteiger partial charge in [-0.2, -0.15) is 0 Å². The van der Waals surface area contributed by atoms with E-state index in [-0.39, 0.29) is 0 Å². The highest BCUT2D eigenvalue weighted by Gasteiger charge is 1.94. The van der Waals surface area contributed by atoms with Gasteiger partial charge in [0, 0.05) is 0 Å². The van der Waals surface area contributed by atoms with Crippen LogP contribution in [0.5, 0.6) is 11.5 Å². The Hall–Kier alpha value is -1.76. The van der Waals surface area contributed by atoms with E-state index in [2.05, 4.69) is 6.92 Å². The predicted molar refractivity (Wildman–Crippen MR) is 69.0 cm³/mol. The molecule has 2 aromatic carbocycles. The summed E-state index contributed by atoms with van der Waals surface area (Å²) in [6.45, 7) is 6.06. The predicted octanol–water partition coefficient (Wildman–Crippen LogP) is 4.81. The molecule has 0 spiro atoms. The number of benzene rings is 2. The first-order chi connectivity index (χ1) is 7.84. The van der Waals surface area contributed by atoms with Gasteiger partial charge >= 0.3 is 0 Å². The van der Waals surface area contributed by atoms with Crippen LogP contribution in [-0.2, 0) is 0 Å². The molecular weight excluding hydrogens is 196 g/mol. The molecule has 0 atom stereocenters. The Balaban J connectivity index is 0.000000606. The van der Waals surface area contributed by atoms with Crippen molar-refractivity contribution in [2.24, 2.45) is 0 Å². The first-order valence-corrected chi connectivity index (χ1v) is 5.64. The van der Waals surface area contributed by atoms with Gasteiger partial charge in [-0.15, -0.1) is 0 Å². The number of rotatable bonds is 2. The second-order valence-electron chi connectivity index (χ2n) is 3.23. The Kier molecular flexibility index (Phi) is 5.13. The second-order valence-corrected chi connectivity index (χ2v) is 3.23. The van der Waals surface area contributed by atoms with Crippen molar-refractivity contribution < 1.29 is 4.74 Å². The van der Waals surface area contributed by atoms with Crippen molar-refractivity contribution in [3.63, 3.8) is 0 Å². The van der Waals surface area contributed by atoms with E-state index in [1.807, 2.05) is 68.4 Å². The van der Waals surface area contributed by atoms with Crippen molar-refractivity contribution in [1.29, 1.82) is 0 Å². The minimum absolute atomic E-state index is 0.872. The maximum absolute atomic E-state index is 5.63. The highest BCUT2D eigenvalue weighted by Crippen LogP contribution is 2.20. The lowest BCUT2D eigenvalue weighted by molar-refractivity contribution is 0.482. The van der Waals surface area contributed by atoms with Crippen molar-refractivity contribution in [3.8, 4) is 11.5 Å². The van der Waals surface area contributed by atoms with Crippen LogP contribution in [0.4, 0.5) is 0 Å². The zero-order valence-electron chi connectivity index (χ0n) is 10.1. The Labute approximate surface area is 97.7 Å². The zero-order valence-corrected chi connectivity index (χ0v) is 10.1. The van der Waals surface area contributed by atoms with Gasteiger partial charge in [0.1, 0.15) is 11.5 Å². The fourth-order valence-electron chi connectivity index (χ4n) is 1.23. The van der Waals surface area contributed by atoms with E-state index in [9.17, 15) is 0 Å². The van der Waals surface area contributed by atoms with Crippen LogP contribution < -0.4 is 4.74 Å². The third kappa shape index (κ3) is 3.77.